The van der Waals surface area contributed by atoms with Crippen LogP contribution in [0.1, 0.15) is 14.7 Å². The molecule has 0 aliphatic rings. The Hall–Kier alpha value is -3.06. The van der Waals surface area contributed by atoms with Gasteiger partial charge in [-0.15, -0.1) is 11.3 Å². The predicted octanol–water partition coefficient (Wildman–Crippen LogP) is 4.28. The number of non-ortho nitro benzene ring substituents is 1. The molecule has 1 heterocycles. The number of thiazole rings is 1. The van der Waals surface area contributed by atoms with Crippen LogP contribution in [-0.4, -0.2) is 15.8 Å². The van der Waals surface area contributed by atoms with Crippen molar-refractivity contribution in [2.24, 2.45) is 0 Å². The second-order valence-electron chi connectivity index (χ2n) is 5.03. The number of rotatable bonds is 4. The molecule has 1 aromatic heterocycles. The Morgan fingerprint density at radius 2 is 1.79 bits per heavy atom. The van der Waals surface area contributed by atoms with E-state index in [1.807, 2.05) is 25.1 Å². The molecule has 120 valence electrons. The Morgan fingerprint density at radius 1 is 1.12 bits per heavy atom. The van der Waals surface area contributed by atoms with E-state index in [4.69, 9.17) is 0 Å². The van der Waals surface area contributed by atoms with E-state index >= 15 is 0 Å². The van der Waals surface area contributed by atoms with Crippen molar-refractivity contribution in [3.8, 4) is 11.3 Å². The van der Waals surface area contributed by atoms with E-state index in [0.29, 0.717) is 21.8 Å². The Labute approximate surface area is 141 Å². The second kappa shape index (κ2) is 6.59. The molecule has 24 heavy (non-hydrogen) atoms. The number of amides is 1. The van der Waals surface area contributed by atoms with Gasteiger partial charge in [-0.05, 0) is 31.2 Å². The molecule has 3 aromatic rings. The molecule has 0 atom stereocenters. The summed E-state index contributed by atoms with van der Waals surface area (Å²) in [4.78, 5) is 27.7. The Kier molecular flexibility index (Phi) is 4.35. The molecule has 0 bridgehead atoms. The van der Waals surface area contributed by atoms with Crippen molar-refractivity contribution in [2.45, 2.75) is 6.92 Å². The van der Waals surface area contributed by atoms with E-state index in [9.17, 15) is 14.9 Å². The van der Waals surface area contributed by atoms with Crippen LogP contribution in [-0.2, 0) is 0 Å². The van der Waals surface area contributed by atoms with Gasteiger partial charge in [-0.3, -0.25) is 14.9 Å². The van der Waals surface area contributed by atoms with Crippen molar-refractivity contribution in [3.63, 3.8) is 0 Å². The molecule has 0 aliphatic carbocycles. The topological polar surface area (TPSA) is 85.1 Å². The third-order valence-electron chi connectivity index (χ3n) is 3.32. The maximum atomic E-state index is 12.5. The lowest BCUT2D eigenvalue weighted by Gasteiger charge is -2.05. The monoisotopic (exact) mass is 339 g/mol. The first-order valence-electron chi connectivity index (χ1n) is 7.13. The lowest BCUT2D eigenvalue weighted by atomic mass is 10.1. The van der Waals surface area contributed by atoms with Crippen LogP contribution < -0.4 is 5.32 Å². The van der Waals surface area contributed by atoms with Gasteiger partial charge in [0.1, 0.15) is 4.88 Å². The molecule has 0 fully saturated rings. The van der Waals surface area contributed by atoms with Crippen molar-refractivity contribution in [2.75, 3.05) is 5.32 Å². The summed E-state index contributed by atoms with van der Waals surface area (Å²) in [6.45, 7) is 1.82. The number of carbonyl (C=O) groups is 1. The van der Waals surface area contributed by atoms with Gasteiger partial charge in [0.15, 0.2) is 0 Å². The van der Waals surface area contributed by atoms with Crippen molar-refractivity contribution in [1.29, 1.82) is 0 Å². The van der Waals surface area contributed by atoms with Gasteiger partial charge in [-0.25, -0.2) is 4.98 Å². The van der Waals surface area contributed by atoms with E-state index < -0.39 is 4.92 Å². The molecule has 0 spiro atoms. The van der Waals surface area contributed by atoms with Gasteiger partial charge in [-0.1, -0.05) is 18.2 Å². The minimum absolute atomic E-state index is 0.000915. The minimum Gasteiger partial charge on any atom is -0.321 e. The summed E-state index contributed by atoms with van der Waals surface area (Å²) in [5.74, 6) is -0.250. The first-order chi connectivity index (χ1) is 11.5. The fourth-order valence-corrected chi connectivity index (χ4v) is 3.06. The molecule has 1 amide bonds. The highest BCUT2D eigenvalue weighted by molar-refractivity contribution is 7.14. The SMILES string of the molecule is Cc1nc(-c2ccc([N+](=O)[O-])cc2)c(C(=O)Nc2ccccc2)s1. The van der Waals surface area contributed by atoms with Gasteiger partial charge >= 0.3 is 0 Å². The van der Waals surface area contributed by atoms with Crippen LogP contribution in [0.25, 0.3) is 11.3 Å². The van der Waals surface area contributed by atoms with Crippen LogP contribution in [0.4, 0.5) is 11.4 Å². The van der Waals surface area contributed by atoms with Crippen LogP contribution in [0.15, 0.2) is 54.6 Å². The van der Waals surface area contributed by atoms with Crippen LogP contribution in [0.2, 0.25) is 0 Å². The van der Waals surface area contributed by atoms with Gasteiger partial charge in [0, 0.05) is 23.4 Å². The number of aromatic nitrogens is 1. The van der Waals surface area contributed by atoms with E-state index in [1.54, 1.807) is 24.3 Å². The largest absolute Gasteiger partial charge is 0.321 e. The van der Waals surface area contributed by atoms with E-state index in [0.717, 1.165) is 5.01 Å². The lowest BCUT2D eigenvalue weighted by Crippen LogP contribution is -2.11. The molecule has 0 saturated carbocycles. The standard InChI is InChI=1S/C17H13N3O3S/c1-11-18-15(12-7-9-14(10-8-12)20(22)23)16(24-11)17(21)19-13-5-3-2-4-6-13/h2-10H,1H3,(H,19,21). The third-order valence-corrected chi connectivity index (χ3v) is 4.29. The number of aryl methyl sites for hydroxylation is 1. The lowest BCUT2D eigenvalue weighted by molar-refractivity contribution is -0.384. The zero-order chi connectivity index (χ0) is 17.1. The number of nitrogens with one attached hydrogen (secondary N) is 1. The average Bonchev–Trinajstić information content (AvgIpc) is 2.98. The highest BCUT2D eigenvalue weighted by Gasteiger charge is 2.19. The van der Waals surface area contributed by atoms with Crippen molar-refractivity contribution in [1.82, 2.24) is 4.98 Å². The Morgan fingerprint density at radius 3 is 2.42 bits per heavy atom. The fourth-order valence-electron chi connectivity index (χ4n) is 2.23. The minimum atomic E-state index is -0.459. The van der Waals surface area contributed by atoms with Gasteiger partial charge in [0.05, 0.1) is 15.6 Å². The number of nitrogens with zero attached hydrogens (tertiary/aromatic N) is 2. The molecule has 3 rings (SSSR count). The number of hydrogen-bond donors (Lipinski definition) is 1. The number of nitro groups is 1. The normalized spacial score (nSPS) is 10.4. The summed E-state index contributed by atoms with van der Waals surface area (Å²) in [6, 6.07) is 15.2. The van der Waals surface area contributed by atoms with Crippen LogP contribution in [0, 0.1) is 17.0 Å². The quantitative estimate of drug-likeness (QED) is 0.568. The van der Waals surface area contributed by atoms with E-state index in [2.05, 4.69) is 10.3 Å². The molecule has 0 aliphatic heterocycles. The smallest absolute Gasteiger partial charge is 0.269 e. The summed E-state index contributed by atoms with van der Waals surface area (Å²) in [5.41, 5.74) is 1.90. The molecule has 0 radical (unpaired) electrons. The average molecular weight is 339 g/mol. The highest BCUT2D eigenvalue weighted by Crippen LogP contribution is 2.30. The number of carbonyl (C=O) groups excluding carboxylic acids is 1. The summed E-state index contributed by atoms with van der Waals surface area (Å²) < 4.78 is 0. The van der Waals surface area contributed by atoms with E-state index in [1.165, 1.54) is 23.5 Å². The van der Waals surface area contributed by atoms with Crippen LogP contribution >= 0.6 is 11.3 Å². The number of benzene rings is 2. The number of anilines is 1. The maximum Gasteiger partial charge on any atom is 0.269 e. The summed E-state index contributed by atoms with van der Waals surface area (Å²) >= 11 is 1.29. The predicted molar refractivity (Wildman–Crippen MR) is 93.3 cm³/mol. The Bertz CT molecular complexity index is 889. The summed E-state index contributed by atoms with van der Waals surface area (Å²) in [6.07, 6.45) is 0. The molecular formula is C17H13N3O3S. The second-order valence-corrected chi connectivity index (χ2v) is 6.24. The maximum absolute atomic E-state index is 12.5. The van der Waals surface area contributed by atoms with Gasteiger partial charge in [-0.2, -0.15) is 0 Å². The Balaban J connectivity index is 1.92. The van der Waals surface area contributed by atoms with Gasteiger partial charge < -0.3 is 5.32 Å². The first kappa shape index (κ1) is 15.8. The van der Waals surface area contributed by atoms with Gasteiger partial charge in [0.25, 0.3) is 11.6 Å². The van der Waals surface area contributed by atoms with E-state index in [-0.39, 0.29) is 11.6 Å². The van der Waals surface area contributed by atoms with Crippen LogP contribution in [0.3, 0.4) is 0 Å². The molecule has 7 heteroatoms. The molecule has 6 nitrogen and oxygen atoms in total. The molecule has 2 aromatic carbocycles. The summed E-state index contributed by atoms with van der Waals surface area (Å²) in [5, 5.41) is 14.3. The number of para-hydroxylation sites is 1. The van der Waals surface area contributed by atoms with Crippen LogP contribution in [0.5, 0.6) is 0 Å². The van der Waals surface area contributed by atoms with Crippen molar-refractivity contribution >= 4 is 28.6 Å². The van der Waals surface area contributed by atoms with Crippen molar-refractivity contribution < 1.29 is 9.72 Å². The molecule has 1 N–H and O–H groups in total. The van der Waals surface area contributed by atoms with Gasteiger partial charge in [0.2, 0.25) is 0 Å². The zero-order valence-electron chi connectivity index (χ0n) is 12.7. The first-order valence-corrected chi connectivity index (χ1v) is 7.95. The number of nitro benzene ring substituents is 1. The molecular weight excluding hydrogens is 326 g/mol. The number of hydrogen-bond acceptors (Lipinski definition) is 5. The summed E-state index contributed by atoms with van der Waals surface area (Å²) in [7, 11) is 0. The highest BCUT2D eigenvalue weighted by atomic mass is 32.1. The third kappa shape index (κ3) is 3.31. The van der Waals surface area contributed by atoms with Crippen molar-refractivity contribution in [3.05, 3.63) is 74.6 Å². The fraction of sp³-hybridized carbons (Fsp3) is 0.0588. The zero-order valence-corrected chi connectivity index (χ0v) is 13.5. The molecule has 0 saturated heterocycles. The molecule has 0 unspecified atom stereocenters.